The van der Waals surface area contributed by atoms with Gasteiger partial charge in [-0.25, -0.2) is 4.79 Å². The first kappa shape index (κ1) is 20.2. The van der Waals surface area contributed by atoms with Gasteiger partial charge in [0.25, 0.3) is 5.89 Å². The molecule has 0 saturated carbocycles. The predicted molar refractivity (Wildman–Crippen MR) is 125 cm³/mol. The Bertz CT molecular complexity index is 1260. The third kappa shape index (κ3) is 3.83. The van der Waals surface area contributed by atoms with Gasteiger partial charge in [0.1, 0.15) is 0 Å². The lowest BCUT2D eigenvalue weighted by atomic mass is 9.94. The highest BCUT2D eigenvalue weighted by atomic mass is 32.1. The summed E-state index contributed by atoms with van der Waals surface area (Å²) in [6.07, 6.45) is 0. The summed E-state index contributed by atoms with van der Waals surface area (Å²) in [6, 6.07) is 21.4. The first-order valence-corrected chi connectivity index (χ1v) is 11.3. The summed E-state index contributed by atoms with van der Waals surface area (Å²) in [7, 11) is 0. The molecule has 6 nitrogen and oxygen atoms in total. The number of benzene rings is 2. The van der Waals surface area contributed by atoms with Crippen LogP contribution in [0.15, 0.2) is 82.3 Å². The monoisotopic (exact) mass is 442 g/mol. The fourth-order valence-electron chi connectivity index (χ4n) is 3.86. The number of allylic oxidation sites excluding steroid dienone is 1. The summed E-state index contributed by atoms with van der Waals surface area (Å²) in [5.74, 6) is 0.957. The van der Waals surface area contributed by atoms with E-state index in [1.54, 1.807) is 16.2 Å². The second kappa shape index (κ2) is 8.43. The first-order chi connectivity index (χ1) is 15.6. The molecule has 0 aliphatic carbocycles. The Morgan fingerprint density at radius 1 is 1.03 bits per heavy atom. The second-order valence-corrected chi connectivity index (χ2v) is 8.71. The van der Waals surface area contributed by atoms with Crippen LogP contribution < -0.4 is 5.32 Å². The van der Waals surface area contributed by atoms with Gasteiger partial charge in [-0.05, 0) is 36.4 Å². The number of hydrogen-bond acceptors (Lipinski definition) is 5. The van der Waals surface area contributed by atoms with E-state index < -0.39 is 0 Å². The number of aromatic nitrogens is 2. The topological polar surface area (TPSA) is 71.3 Å². The van der Waals surface area contributed by atoms with Crippen molar-refractivity contribution in [3.05, 3.63) is 100 Å². The van der Waals surface area contributed by atoms with E-state index in [-0.39, 0.29) is 12.1 Å². The van der Waals surface area contributed by atoms with Crippen molar-refractivity contribution in [2.45, 2.75) is 26.4 Å². The normalized spacial score (nSPS) is 16.4. The van der Waals surface area contributed by atoms with E-state index in [2.05, 4.69) is 15.5 Å². The molecule has 2 aromatic heterocycles. The Morgan fingerprint density at radius 3 is 2.53 bits per heavy atom. The molecule has 2 aromatic carbocycles. The van der Waals surface area contributed by atoms with Crippen LogP contribution in [-0.4, -0.2) is 21.1 Å². The summed E-state index contributed by atoms with van der Waals surface area (Å²) in [6.45, 7) is 4.43. The van der Waals surface area contributed by atoms with Crippen molar-refractivity contribution < 1.29 is 9.32 Å². The molecule has 2 amide bonds. The van der Waals surface area contributed by atoms with Crippen molar-refractivity contribution in [1.29, 1.82) is 0 Å². The van der Waals surface area contributed by atoms with Crippen molar-refractivity contribution in [3.8, 4) is 10.7 Å². The minimum Gasteiger partial charge on any atom is -0.334 e. The Morgan fingerprint density at radius 2 is 1.81 bits per heavy atom. The molecule has 0 saturated heterocycles. The van der Waals surface area contributed by atoms with E-state index in [1.807, 2.05) is 86.0 Å². The van der Waals surface area contributed by atoms with Gasteiger partial charge in [0.2, 0.25) is 5.82 Å². The molecule has 160 valence electrons. The molecule has 1 aliphatic rings. The molecule has 5 rings (SSSR count). The zero-order chi connectivity index (χ0) is 22.1. The average Bonchev–Trinajstić information content (AvgIpc) is 3.50. The summed E-state index contributed by atoms with van der Waals surface area (Å²) in [5.41, 5.74) is 4.76. The lowest BCUT2D eigenvalue weighted by molar-refractivity contribution is 0.203. The van der Waals surface area contributed by atoms with Crippen LogP contribution in [0.2, 0.25) is 0 Å². The highest BCUT2D eigenvalue weighted by molar-refractivity contribution is 7.13. The van der Waals surface area contributed by atoms with Gasteiger partial charge >= 0.3 is 6.03 Å². The first-order valence-electron chi connectivity index (χ1n) is 10.4. The standard InChI is InChI=1S/C25H22N4O2S/c1-16-10-12-19(13-11-16)22-21(24-27-23(28-31-24)20-9-6-14-32-20)17(2)29(25(30)26-22)15-18-7-4-3-5-8-18/h3-14,22H,15H2,1-2H3,(H,26,30). The molecule has 7 heteroatoms. The number of rotatable bonds is 5. The van der Waals surface area contributed by atoms with E-state index in [1.165, 1.54) is 0 Å². The third-order valence-corrected chi connectivity index (χ3v) is 6.45. The van der Waals surface area contributed by atoms with E-state index in [0.717, 1.165) is 32.8 Å². The highest BCUT2D eigenvalue weighted by Gasteiger charge is 2.35. The van der Waals surface area contributed by atoms with Gasteiger partial charge < -0.3 is 9.84 Å². The van der Waals surface area contributed by atoms with E-state index in [0.29, 0.717) is 18.3 Å². The number of hydrogen-bond donors (Lipinski definition) is 1. The van der Waals surface area contributed by atoms with Crippen molar-refractivity contribution >= 4 is 22.9 Å². The minimum atomic E-state index is -0.383. The fourth-order valence-corrected chi connectivity index (χ4v) is 4.51. The second-order valence-electron chi connectivity index (χ2n) is 7.76. The quantitative estimate of drug-likeness (QED) is 0.424. The van der Waals surface area contributed by atoms with Crippen molar-refractivity contribution in [3.63, 3.8) is 0 Å². The van der Waals surface area contributed by atoms with Crippen LogP contribution in [-0.2, 0) is 6.54 Å². The molecule has 1 aliphatic heterocycles. The van der Waals surface area contributed by atoms with Crippen LogP contribution in [0.3, 0.4) is 0 Å². The number of thiophene rings is 1. The maximum atomic E-state index is 13.1. The number of nitrogens with one attached hydrogen (secondary N) is 1. The number of amides is 2. The molecule has 0 radical (unpaired) electrons. The molecule has 0 bridgehead atoms. The van der Waals surface area contributed by atoms with Gasteiger partial charge in [-0.1, -0.05) is 71.4 Å². The van der Waals surface area contributed by atoms with Crippen LogP contribution in [0, 0.1) is 6.92 Å². The highest BCUT2D eigenvalue weighted by Crippen LogP contribution is 2.38. The van der Waals surface area contributed by atoms with Gasteiger partial charge in [-0.2, -0.15) is 4.98 Å². The van der Waals surface area contributed by atoms with Crippen LogP contribution in [0.5, 0.6) is 0 Å². The Hall–Kier alpha value is -3.71. The Kier molecular flexibility index (Phi) is 5.33. The van der Waals surface area contributed by atoms with Gasteiger partial charge in [-0.3, -0.25) is 4.90 Å². The Balaban J connectivity index is 1.60. The number of carbonyl (C=O) groups excluding carboxylic acids is 1. The van der Waals surface area contributed by atoms with Gasteiger partial charge in [0.15, 0.2) is 0 Å². The minimum absolute atomic E-state index is 0.154. The lowest BCUT2D eigenvalue weighted by Gasteiger charge is -2.35. The van der Waals surface area contributed by atoms with Gasteiger partial charge in [0, 0.05) is 5.70 Å². The van der Waals surface area contributed by atoms with Gasteiger partial charge in [-0.15, -0.1) is 11.3 Å². The summed E-state index contributed by atoms with van der Waals surface area (Å²) < 4.78 is 5.72. The number of urea groups is 1. The molecule has 0 fully saturated rings. The number of carbonyl (C=O) groups is 1. The summed E-state index contributed by atoms with van der Waals surface area (Å²) in [5, 5.41) is 9.33. The zero-order valence-electron chi connectivity index (χ0n) is 17.8. The predicted octanol–water partition coefficient (Wildman–Crippen LogP) is 5.80. The largest absolute Gasteiger partial charge is 0.334 e. The SMILES string of the molecule is CC1=C(c2nc(-c3cccs3)no2)C(c2ccc(C)cc2)NC(=O)N1Cc1ccccc1. The van der Waals surface area contributed by atoms with Crippen LogP contribution in [0.4, 0.5) is 4.79 Å². The molecular weight excluding hydrogens is 420 g/mol. The lowest BCUT2D eigenvalue weighted by Crippen LogP contribution is -2.45. The van der Waals surface area contributed by atoms with Crippen molar-refractivity contribution in [1.82, 2.24) is 20.4 Å². The fraction of sp³-hybridized carbons (Fsp3) is 0.160. The third-order valence-electron chi connectivity index (χ3n) is 5.59. The molecule has 32 heavy (non-hydrogen) atoms. The van der Waals surface area contributed by atoms with Crippen LogP contribution in [0.25, 0.3) is 16.3 Å². The average molecular weight is 443 g/mol. The maximum absolute atomic E-state index is 13.1. The van der Waals surface area contributed by atoms with Crippen LogP contribution in [0.1, 0.15) is 35.5 Å². The molecule has 1 N–H and O–H groups in total. The molecule has 1 atom stereocenters. The zero-order valence-corrected chi connectivity index (χ0v) is 18.6. The Labute approximate surface area is 190 Å². The molecule has 3 heterocycles. The summed E-state index contributed by atoms with van der Waals surface area (Å²) in [4.78, 5) is 20.5. The van der Waals surface area contributed by atoms with E-state index in [4.69, 9.17) is 4.52 Å². The molecule has 1 unspecified atom stereocenters. The van der Waals surface area contributed by atoms with Crippen LogP contribution >= 0.6 is 11.3 Å². The number of nitrogens with zero attached hydrogens (tertiary/aromatic N) is 3. The van der Waals surface area contributed by atoms with E-state index >= 15 is 0 Å². The maximum Gasteiger partial charge on any atom is 0.322 e. The summed E-state index contributed by atoms with van der Waals surface area (Å²) >= 11 is 1.56. The molecule has 0 spiro atoms. The van der Waals surface area contributed by atoms with Crippen molar-refractivity contribution in [2.24, 2.45) is 0 Å². The smallest absolute Gasteiger partial charge is 0.322 e. The van der Waals surface area contributed by atoms with Crippen molar-refractivity contribution in [2.75, 3.05) is 0 Å². The number of aryl methyl sites for hydroxylation is 1. The van der Waals surface area contributed by atoms with Gasteiger partial charge in [0.05, 0.1) is 23.0 Å². The van der Waals surface area contributed by atoms with E-state index in [9.17, 15) is 4.79 Å². The molecular formula is C25H22N4O2S. The molecule has 4 aromatic rings.